The maximum Gasteiger partial charge on any atom is 0.322 e. The number of benzene rings is 2. The number of rotatable bonds is 7. The van der Waals surface area contributed by atoms with Crippen LogP contribution in [0.1, 0.15) is 71.3 Å². The van der Waals surface area contributed by atoms with Crippen LogP contribution in [0.3, 0.4) is 0 Å². The summed E-state index contributed by atoms with van der Waals surface area (Å²) in [5.74, 6) is 0.0887. The highest BCUT2D eigenvalue weighted by atomic mass is 32.2. The van der Waals surface area contributed by atoms with Gasteiger partial charge in [0.25, 0.3) is 0 Å². The van der Waals surface area contributed by atoms with Crippen LogP contribution in [0.4, 0.5) is 16.2 Å². The molecule has 6 rings (SSSR count). The molecule has 3 fully saturated rings. The van der Waals surface area contributed by atoms with E-state index < -0.39 is 4.75 Å². The second-order valence-electron chi connectivity index (χ2n) is 14.9. The largest absolute Gasteiger partial charge is 0.369 e. The summed E-state index contributed by atoms with van der Waals surface area (Å²) in [6.45, 7) is 15.0. The van der Waals surface area contributed by atoms with Gasteiger partial charge in [0.15, 0.2) is 0 Å². The first kappa shape index (κ1) is 32.7. The van der Waals surface area contributed by atoms with E-state index >= 15 is 0 Å². The lowest BCUT2D eigenvalue weighted by Crippen LogP contribution is -2.52. The zero-order chi connectivity index (χ0) is 32.6. The number of carbonyl (C=O) groups is 3. The summed E-state index contributed by atoms with van der Waals surface area (Å²) in [6, 6.07) is 16.5. The number of piperidine rings is 1. The number of hydrogen-bond donors (Lipinski definition) is 1. The first-order valence-corrected chi connectivity index (χ1v) is 17.7. The number of fused-ring (bicyclic) bond motifs is 1. The Morgan fingerprint density at radius 1 is 0.978 bits per heavy atom. The Balaban J connectivity index is 0.00000433. The van der Waals surface area contributed by atoms with E-state index in [2.05, 4.69) is 78.2 Å². The number of nitrogens with zero attached hydrogens (tertiary/aromatic N) is 5. The van der Waals surface area contributed by atoms with Gasteiger partial charge in [0, 0.05) is 76.8 Å². The van der Waals surface area contributed by atoms with Gasteiger partial charge in [0.1, 0.15) is 10.1 Å². The predicted molar refractivity (Wildman–Crippen MR) is 188 cm³/mol. The first-order chi connectivity index (χ1) is 21.9. The smallest absolute Gasteiger partial charge is 0.322 e. The van der Waals surface area contributed by atoms with Gasteiger partial charge in [-0.1, -0.05) is 57.2 Å². The Labute approximate surface area is 280 Å². The van der Waals surface area contributed by atoms with Crippen molar-refractivity contribution >= 4 is 41.0 Å². The zero-order valence-corrected chi connectivity index (χ0v) is 28.9. The number of likely N-dealkylation sites (tertiary alicyclic amines) is 1. The van der Waals surface area contributed by atoms with Crippen molar-refractivity contribution in [2.75, 3.05) is 63.1 Å². The van der Waals surface area contributed by atoms with Crippen molar-refractivity contribution in [3.8, 4) is 0 Å². The van der Waals surface area contributed by atoms with Crippen LogP contribution in [-0.2, 0) is 16.1 Å². The van der Waals surface area contributed by atoms with Gasteiger partial charge in [0.2, 0.25) is 11.8 Å². The van der Waals surface area contributed by atoms with Crippen molar-refractivity contribution in [1.29, 1.82) is 0 Å². The number of nitrogens with one attached hydrogen (secondary N) is 1. The minimum Gasteiger partial charge on any atom is -0.369 e. The molecule has 10 heteroatoms. The predicted octanol–water partition coefficient (Wildman–Crippen LogP) is 5.88. The van der Waals surface area contributed by atoms with E-state index in [4.69, 9.17) is 0 Å². The fourth-order valence-corrected chi connectivity index (χ4v) is 8.74. The van der Waals surface area contributed by atoms with Crippen molar-refractivity contribution in [3.05, 3.63) is 59.7 Å². The normalized spacial score (nSPS) is 24.8. The van der Waals surface area contributed by atoms with E-state index in [9.17, 15) is 14.4 Å². The summed E-state index contributed by atoms with van der Waals surface area (Å²) >= 11 is 1.65. The molecule has 0 bridgehead atoms. The fraction of sp³-hybridized carbons (Fsp3) is 0.583. The van der Waals surface area contributed by atoms with Crippen LogP contribution < -0.4 is 10.2 Å². The molecular formula is C36H52N6O3S. The summed E-state index contributed by atoms with van der Waals surface area (Å²) in [4.78, 5) is 51.8. The molecule has 4 heterocycles. The summed E-state index contributed by atoms with van der Waals surface area (Å²) in [7, 11) is 2.16. The molecular weight excluding hydrogens is 597 g/mol. The Kier molecular flexibility index (Phi) is 9.31. The summed E-state index contributed by atoms with van der Waals surface area (Å²) in [6.07, 6.45) is 2.53. The number of hydrogen-bond acceptors (Lipinski definition) is 6. The van der Waals surface area contributed by atoms with E-state index in [1.165, 1.54) is 5.69 Å². The first-order valence-electron chi connectivity index (χ1n) is 16.9. The third kappa shape index (κ3) is 6.88. The maximum absolute atomic E-state index is 14.3. The van der Waals surface area contributed by atoms with Crippen molar-refractivity contribution in [1.82, 2.24) is 19.6 Å². The molecule has 2 atom stereocenters. The van der Waals surface area contributed by atoms with Crippen LogP contribution in [0.5, 0.6) is 0 Å². The van der Waals surface area contributed by atoms with E-state index in [0.717, 1.165) is 62.3 Å². The molecule has 2 aromatic rings. The quantitative estimate of drug-likeness (QED) is 0.404. The Morgan fingerprint density at radius 2 is 1.65 bits per heavy atom. The number of carbonyl (C=O) groups excluding carboxylic acids is 3. The molecule has 46 heavy (non-hydrogen) atoms. The van der Waals surface area contributed by atoms with Crippen LogP contribution in [0, 0.1) is 5.41 Å². The molecule has 0 spiro atoms. The number of thioether (sulfide) groups is 1. The van der Waals surface area contributed by atoms with E-state index in [-0.39, 0.29) is 42.5 Å². The second kappa shape index (κ2) is 13.1. The molecule has 4 aliphatic rings. The van der Waals surface area contributed by atoms with Gasteiger partial charge in [-0.25, -0.2) is 4.79 Å². The summed E-state index contributed by atoms with van der Waals surface area (Å²) in [5.41, 5.74) is 4.44. The van der Waals surface area contributed by atoms with Crippen molar-refractivity contribution in [3.63, 3.8) is 0 Å². The lowest BCUT2D eigenvalue weighted by Gasteiger charge is -2.41. The van der Waals surface area contributed by atoms with Crippen LogP contribution in [0.15, 0.2) is 48.5 Å². The highest BCUT2D eigenvalue weighted by Crippen LogP contribution is 2.53. The molecule has 0 aromatic heterocycles. The van der Waals surface area contributed by atoms with Gasteiger partial charge in [-0.3, -0.25) is 9.59 Å². The molecule has 9 nitrogen and oxygen atoms in total. The van der Waals surface area contributed by atoms with Gasteiger partial charge in [0.05, 0.1) is 6.42 Å². The standard InChI is InChI=1S/C36H50N6O3S.H2/c1-35(2,3)16-19-41-32(28-11-7-9-13-30(28)39-22-20-38(5)21-23-39)46-36(4,33(41)44)24-31(43)40-17-14-27(15-18-40)42-25-26-10-6-8-12-29(26)37-34(42)45;/h6-13,27,32H,14-25H2,1-5H3,(H,37,45);1H/t32-,36-;/m1./s1. The SMILES string of the molecule is CN1CCN(c2ccccc2[C@H]2S[C@](C)(CC(=O)N3CCC(N4Cc5ccccc5NC4=O)CC3)C(=O)N2CCC(C)(C)C)CC1.[HH]. The van der Waals surface area contributed by atoms with Gasteiger partial charge in [-0.2, -0.15) is 0 Å². The topological polar surface area (TPSA) is 79.4 Å². The van der Waals surface area contributed by atoms with Crippen molar-refractivity contribution < 1.29 is 15.8 Å². The molecule has 3 saturated heterocycles. The average molecular weight is 649 g/mol. The molecule has 2 aromatic carbocycles. The van der Waals surface area contributed by atoms with Crippen LogP contribution in [0.25, 0.3) is 0 Å². The number of anilines is 2. The number of amides is 4. The zero-order valence-electron chi connectivity index (χ0n) is 28.1. The summed E-state index contributed by atoms with van der Waals surface area (Å²) in [5, 5.41) is 2.88. The maximum atomic E-state index is 14.3. The van der Waals surface area contributed by atoms with E-state index in [1.54, 1.807) is 11.8 Å². The molecule has 0 unspecified atom stereocenters. The van der Waals surface area contributed by atoms with E-state index in [1.807, 2.05) is 34.9 Å². The van der Waals surface area contributed by atoms with Gasteiger partial charge < -0.3 is 29.8 Å². The molecule has 250 valence electrons. The minimum atomic E-state index is -0.845. The number of likely N-dealkylation sites (N-methyl/N-ethyl adjacent to an activating group) is 1. The molecule has 0 radical (unpaired) electrons. The lowest BCUT2D eigenvalue weighted by atomic mass is 9.91. The van der Waals surface area contributed by atoms with Crippen molar-refractivity contribution in [2.45, 2.75) is 76.1 Å². The average Bonchev–Trinajstić information content (AvgIpc) is 3.28. The third-order valence-corrected chi connectivity index (χ3v) is 11.7. The molecule has 0 aliphatic carbocycles. The number of para-hydroxylation sites is 2. The van der Waals surface area contributed by atoms with Crippen LogP contribution >= 0.6 is 11.8 Å². The van der Waals surface area contributed by atoms with Crippen LogP contribution in [0.2, 0.25) is 0 Å². The van der Waals surface area contributed by atoms with Gasteiger partial charge in [-0.15, -0.1) is 11.8 Å². The minimum absolute atomic E-state index is 0. The Hall–Kier alpha value is -3.24. The number of piperazine rings is 1. The Bertz CT molecular complexity index is 1450. The Morgan fingerprint density at radius 3 is 2.37 bits per heavy atom. The molecule has 4 aliphatic heterocycles. The van der Waals surface area contributed by atoms with Gasteiger partial charge in [-0.05, 0) is 56.3 Å². The highest BCUT2D eigenvalue weighted by molar-refractivity contribution is 8.02. The molecule has 4 amide bonds. The third-order valence-electron chi connectivity index (χ3n) is 10.1. The highest BCUT2D eigenvalue weighted by Gasteiger charge is 2.52. The van der Waals surface area contributed by atoms with E-state index in [0.29, 0.717) is 26.2 Å². The molecule has 0 saturated carbocycles. The monoisotopic (exact) mass is 648 g/mol. The fourth-order valence-electron chi connectivity index (χ4n) is 7.17. The summed E-state index contributed by atoms with van der Waals surface area (Å²) < 4.78 is -0.845. The van der Waals surface area contributed by atoms with Gasteiger partial charge >= 0.3 is 6.03 Å². The number of urea groups is 1. The second-order valence-corrected chi connectivity index (χ2v) is 16.4. The van der Waals surface area contributed by atoms with Crippen LogP contribution in [-0.4, -0.2) is 101 Å². The molecule has 1 N–H and O–H groups in total. The van der Waals surface area contributed by atoms with Crippen molar-refractivity contribution in [2.24, 2.45) is 5.41 Å². The lowest BCUT2D eigenvalue weighted by molar-refractivity contribution is -0.139.